The maximum absolute atomic E-state index is 12.0. The zero-order chi connectivity index (χ0) is 15.2. The lowest BCUT2D eigenvalue weighted by Crippen LogP contribution is -2.41. The summed E-state index contributed by atoms with van der Waals surface area (Å²) in [6.07, 6.45) is 2.91. The van der Waals surface area contributed by atoms with Gasteiger partial charge < -0.3 is 10.6 Å². The predicted molar refractivity (Wildman–Crippen MR) is 96.9 cm³/mol. The fourth-order valence-corrected chi connectivity index (χ4v) is 2.90. The van der Waals surface area contributed by atoms with Crippen LogP contribution in [0.25, 0.3) is 11.1 Å². The van der Waals surface area contributed by atoms with Gasteiger partial charge in [-0.1, -0.05) is 54.6 Å². The van der Waals surface area contributed by atoms with Crippen LogP contribution in [0.4, 0.5) is 0 Å². The first-order valence-corrected chi connectivity index (χ1v) is 7.98. The largest absolute Gasteiger partial charge is 0.354 e. The number of amides is 1. The van der Waals surface area contributed by atoms with Crippen LogP contribution in [0.2, 0.25) is 0 Å². The third-order valence-electron chi connectivity index (χ3n) is 4.12. The zero-order valence-corrected chi connectivity index (χ0v) is 13.9. The van der Waals surface area contributed by atoms with Crippen molar-refractivity contribution in [2.45, 2.75) is 25.3 Å². The maximum atomic E-state index is 12.0. The topological polar surface area (TPSA) is 41.1 Å². The molecular weight excluding hydrogens is 308 g/mol. The van der Waals surface area contributed by atoms with Crippen LogP contribution in [0.15, 0.2) is 54.6 Å². The molecule has 1 heterocycles. The summed E-state index contributed by atoms with van der Waals surface area (Å²) in [4.78, 5) is 12.0. The lowest BCUT2D eigenvalue weighted by atomic mass is 10.0. The van der Waals surface area contributed by atoms with Gasteiger partial charge in [0.1, 0.15) is 0 Å². The van der Waals surface area contributed by atoms with E-state index in [-0.39, 0.29) is 24.4 Å². The summed E-state index contributed by atoms with van der Waals surface area (Å²) in [5, 5.41) is 6.25. The number of benzene rings is 2. The van der Waals surface area contributed by atoms with Gasteiger partial charge in [-0.3, -0.25) is 4.79 Å². The number of nitrogens with one attached hydrogen (secondary N) is 2. The summed E-state index contributed by atoms with van der Waals surface area (Å²) in [6, 6.07) is 18.9. The fraction of sp³-hybridized carbons (Fsp3) is 0.316. The molecule has 1 saturated heterocycles. The van der Waals surface area contributed by atoms with Gasteiger partial charge in [0.15, 0.2) is 0 Å². The molecule has 0 saturated carbocycles. The Hall–Kier alpha value is -1.84. The van der Waals surface area contributed by atoms with Crippen LogP contribution in [0, 0.1) is 0 Å². The lowest BCUT2D eigenvalue weighted by Gasteiger charge is -2.11. The second kappa shape index (κ2) is 8.70. The molecule has 1 aliphatic rings. The van der Waals surface area contributed by atoms with Crippen LogP contribution < -0.4 is 10.6 Å². The molecule has 1 fully saturated rings. The maximum Gasteiger partial charge on any atom is 0.237 e. The highest BCUT2D eigenvalue weighted by Crippen LogP contribution is 2.20. The summed E-state index contributed by atoms with van der Waals surface area (Å²) in [6.45, 7) is 1.65. The summed E-state index contributed by atoms with van der Waals surface area (Å²) in [7, 11) is 0. The van der Waals surface area contributed by atoms with Crippen molar-refractivity contribution >= 4 is 18.3 Å². The molecule has 0 aromatic heterocycles. The quantitative estimate of drug-likeness (QED) is 0.884. The molecule has 1 unspecified atom stereocenters. The minimum atomic E-state index is 0. The molecule has 2 aromatic rings. The van der Waals surface area contributed by atoms with E-state index in [1.165, 1.54) is 16.7 Å². The summed E-state index contributed by atoms with van der Waals surface area (Å²) in [5.74, 6) is 0.136. The Morgan fingerprint density at radius 1 is 1.09 bits per heavy atom. The molecular formula is C19H23ClN2O. The normalized spacial score (nSPS) is 16.6. The Labute approximate surface area is 143 Å². The van der Waals surface area contributed by atoms with Gasteiger partial charge in [0, 0.05) is 6.54 Å². The summed E-state index contributed by atoms with van der Waals surface area (Å²) >= 11 is 0. The molecule has 2 aromatic carbocycles. The molecule has 0 aliphatic carbocycles. The average molecular weight is 331 g/mol. The summed E-state index contributed by atoms with van der Waals surface area (Å²) < 4.78 is 0. The Morgan fingerprint density at radius 2 is 1.87 bits per heavy atom. The van der Waals surface area contributed by atoms with Crippen LogP contribution in [-0.2, 0) is 11.2 Å². The van der Waals surface area contributed by atoms with Crippen LogP contribution in [-0.4, -0.2) is 25.0 Å². The molecule has 23 heavy (non-hydrogen) atoms. The molecule has 122 valence electrons. The second-order valence-corrected chi connectivity index (χ2v) is 5.76. The molecule has 0 spiro atoms. The number of hydrogen-bond donors (Lipinski definition) is 2. The van der Waals surface area contributed by atoms with Crippen molar-refractivity contribution in [1.29, 1.82) is 0 Å². The minimum Gasteiger partial charge on any atom is -0.354 e. The van der Waals surface area contributed by atoms with Crippen molar-refractivity contribution in [3.05, 3.63) is 60.2 Å². The van der Waals surface area contributed by atoms with Gasteiger partial charge in [-0.15, -0.1) is 12.4 Å². The first-order valence-electron chi connectivity index (χ1n) is 7.98. The van der Waals surface area contributed by atoms with E-state index in [9.17, 15) is 4.79 Å². The lowest BCUT2D eigenvalue weighted by molar-refractivity contribution is -0.122. The monoisotopic (exact) mass is 330 g/mol. The van der Waals surface area contributed by atoms with Gasteiger partial charge in [0.05, 0.1) is 6.04 Å². The van der Waals surface area contributed by atoms with Crippen molar-refractivity contribution in [2.24, 2.45) is 0 Å². The van der Waals surface area contributed by atoms with Gasteiger partial charge in [-0.05, 0) is 42.5 Å². The molecule has 3 rings (SSSR count). The zero-order valence-electron chi connectivity index (χ0n) is 13.1. The fourth-order valence-electron chi connectivity index (χ4n) is 2.90. The first kappa shape index (κ1) is 17.5. The molecule has 2 N–H and O–H groups in total. The minimum absolute atomic E-state index is 0. The Morgan fingerprint density at radius 3 is 2.61 bits per heavy atom. The van der Waals surface area contributed by atoms with Crippen molar-refractivity contribution in [3.63, 3.8) is 0 Å². The Kier molecular flexibility index (Phi) is 6.63. The van der Waals surface area contributed by atoms with Gasteiger partial charge >= 0.3 is 0 Å². The highest BCUT2D eigenvalue weighted by molar-refractivity contribution is 5.85. The standard InChI is InChI=1S/C19H22N2O.ClH/c22-19(18-10-5-12-20-18)21-13-11-15-6-4-9-17(14-15)16-7-2-1-3-8-16;/h1-4,6-9,14,18,20H,5,10-13H2,(H,21,22);1H. The van der Waals surface area contributed by atoms with E-state index < -0.39 is 0 Å². The van der Waals surface area contributed by atoms with E-state index in [4.69, 9.17) is 0 Å². The van der Waals surface area contributed by atoms with Crippen LogP contribution in [0.1, 0.15) is 18.4 Å². The second-order valence-electron chi connectivity index (χ2n) is 5.76. The molecule has 1 atom stereocenters. The molecule has 3 nitrogen and oxygen atoms in total. The van der Waals surface area contributed by atoms with Crippen molar-refractivity contribution < 1.29 is 4.79 Å². The first-order chi connectivity index (χ1) is 10.8. The van der Waals surface area contributed by atoms with Crippen molar-refractivity contribution in [3.8, 4) is 11.1 Å². The highest BCUT2D eigenvalue weighted by Gasteiger charge is 2.21. The summed E-state index contributed by atoms with van der Waals surface area (Å²) in [5.41, 5.74) is 3.70. The van der Waals surface area contributed by atoms with Crippen molar-refractivity contribution in [2.75, 3.05) is 13.1 Å². The highest BCUT2D eigenvalue weighted by atomic mass is 35.5. The van der Waals surface area contributed by atoms with Gasteiger partial charge in [-0.2, -0.15) is 0 Å². The van der Waals surface area contributed by atoms with E-state index in [0.29, 0.717) is 6.54 Å². The predicted octanol–water partition coefficient (Wildman–Crippen LogP) is 3.19. The average Bonchev–Trinajstić information content (AvgIpc) is 3.10. The van der Waals surface area contributed by atoms with Gasteiger partial charge in [0.2, 0.25) is 5.91 Å². The van der Waals surface area contributed by atoms with Gasteiger partial charge in [-0.25, -0.2) is 0 Å². The number of halogens is 1. The van der Waals surface area contributed by atoms with E-state index in [2.05, 4.69) is 59.2 Å². The van der Waals surface area contributed by atoms with Crippen LogP contribution in [0.3, 0.4) is 0 Å². The van der Waals surface area contributed by atoms with Gasteiger partial charge in [0.25, 0.3) is 0 Å². The molecule has 4 heteroatoms. The van der Waals surface area contributed by atoms with E-state index >= 15 is 0 Å². The molecule has 1 aliphatic heterocycles. The van der Waals surface area contributed by atoms with E-state index in [1.54, 1.807) is 0 Å². The number of carbonyl (C=O) groups is 1. The number of carbonyl (C=O) groups excluding carboxylic acids is 1. The smallest absolute Gasteiger partial charge is 0.237 e. The van der Waals surface area contributed by atoms with Crippen LogP contribution in [0.5, 0.6) is 0 Å². The number of rotatable bonds is 5. The third-order valence-corrected chi connectivity index (χ3v) is 4.12. The molecule has 0 radical (unpaired) electrons. The Bertz CT molecular complexity index is 624. The third kappa shape index (κ3) is 4.81. The number of hydrogen-bond acceptors (Lipinski definition) is 2. The SMILES string of the molecule is Cl.O=C(NCCc1cccc(-c2ccccc2)c1)C1CCCN1. The Balaban J connectivity index is 0.00000192. The molecule has 0 bridgehead atoms. The van der Waals surface area contributed by atoms with E-state index in [1.807, 2.05) is 6.07 Å². The van der Waals surface area contributed by atoms with E-state index in [0.717, 1.165) is 25.8 Å². The van der Waals surface area contributed by atoms with Crippen LogP contribution >= 0.6 is 12.4 Å². The van der Waals surface area contributed by atoms with Crippen molar-refractivity contribution in [1.82, 2.24) is 10.6 Å². The molecule has 1 amide bonds.